The van der Waals surface area contributed by atoms with Gasteiger partial charge in [-0.05, 0) is 6.92 Å². The summed E-state index contributed by atoms with van der Waals surface area (Å²) in [5, 5.41) is 6.41. The Morgan fingerprint density at radius 3 is 2.27 bits per heavy atom. The number of hydrogen-bond donors (Lipinski definition) is 1. The molecule has 0 aromatic heterocycles. The molecule has 5 heteroatoms. The van der Waals surface area contributed by atoms with Crippen molar-refractivity contribution in [2.24, 2.45) is 4.99 Å². The van der Waals surface area contributed by atoms with Crippen molar-refractivity contribution in [1.29, 1.82) is 5.41 Å². The predicted octanol–water partition coefficient (Wildman–Crippen LogP) is 2.17. The fourth-order valence-corrected chi connectivity index (χ4v) is 0.347. The summed E-state index contributed by atoms with van der Waals surface area (Å²) in [6.45, 7) is 1.49. The van der Waals surface area contributed by atoms with Crippen LogP contribution in [0.15, 0.2) is 16.8 Å². The molecule has 0 aromatic rings. The van der Waals surface area contributed by atoms with Gasteiger partial charge in [-0.15, -0.1) is 0 Å². The van der Waals surface area contributed by atoms with Gasteiger partial charge in [-0.2, -0.15) is 13.2 Å². The summed E-state index contributed by atoms with van der Waals surface area (Å²) >= 11 is 0. The molecule has 0 aliphatic rings. The average Bonchev–Trinajstić information content (AvgIpc) is 1.87. The predicted molar refractivity (Wildman–Crippen MR) is 37.1 cm³/mol. The molecule has 0 fully saturated rings. The van der Waals surface area contributed by atoms with Gasteiger partial charge in [0.05, 0.1) is 5.57 Å². The molecule has 1 N–H and O–H groups in total. The SMILES string of the molecule is CC=N/C=C(\C=N)C(F)(F)F. The number of nitrogens with zero attached hydrogens (tertiary/aromatic N) is 1. The van der Waals surface area contributed by atoms with Gasteiger partial charge in [-0.1, -0.05) is 0 Å². The molecule has 0 unspecified atom stereocenters. The zero-order valence-electron chi connectivity index (χ0n) is 5.81. The van der Waals surface area contributed by atoms with E-state index in [0.717, 1.165) is 0 Å². The summed E-state index contributed by atoms with van der Waals surface area (Å²) < 4.78 is 35.3. The lowest BCUT2D eigenvalue weighted by atomic mass is 10.3. The lowest BCUT2D eigenvalue weighted by Gasteiger charge is -2.03. The quantitative estimate of drug-likeness (QED) is 0.607. The molecule has 0 spiro atoms. The van der Waals surface area contributed by atoms with Crippen molar-refractivity contribution in [1.82, 2.24) is 0 Å². The number of aliphatic imine (C=N–C) groups is 1. The van der Waals surface area contributed by atoms with Crippen LogP contribution in [0.1, 0.15) is 6.92 Å². The first-order valence-electron chi connectivity index (χ1n) is 2.78. The molecule has 0 amide bonds. The molecule has 0 rings (SSSR count). The van der Waals surface area contributed by atoms with Crippen LogP contribution in [0.25, 0.3) is 0 Å². The second-order valence-corrected chi connectivity index (χ2v) is 1.63. The highest BCUT2D eigenvalue weighted by molar-refractivity contribution is 5.77. The summed E-state index contributed by atoms with van der Waals surface area (Å²) in [6.07, 6.45) is -2.43. The third-order valence-electron chi connectivity index (χ3n) is 0.846. The number of allylic oxidation sites excluding steroid dienone is 1. The van der Waals surface area contributed by atoms with Gasteiger partial charge >= 0.3 is 6.18 Å². The fourth-order valence-electron chi connectivity index (χ4n) is 0.347. The number of hydrogen-bond acceptors (Lipinski definition) is 2. The van der Waals surface area contributed by atoms with E-state index in [2.05, 4.69) is 4.99 Å². The van der Waals surface area contributed by atoms with Crippen LogP contribution in [0, 0.1) is 5.41 Å². The van der Waals surface area contributed by atoms with Crippen molar-refractivity contribution in [3.05, 3.63) is 11.8 Å². The smallest absolute Gasteiger partial charge is 0.308 e. The van der Waals surface area contributed by atoms with Gasteiger partial charge in [0.2, 0.25) is 0 Å². The van der Waals surface area contributed by atoms with Crippen LogP contribution < -0.4 is 0 Å². The molecule has 0 heterocycles. The van der Waals surface area contributed by atoms with E-state index in [1.807, 2.05) is 0 Å². The van der Waals surface area contributed by atoms with E-state index in [1.165, 1.54) is 13.1 Å². The molecule has 62 valence electrons. The van der Waals surface area contributed by atoms with Gasteiger partial charge in [0.15, 0.2) is 0 Å². The number of rotatable bonds is 2. The second-order valence-electron chi connectivity index (χ2n) is 1.63. The Labute approximate surface area is 62.0 Å². The molecule has 0 atom stereocenters. The van der Waals surface area contributed by atoms with Crippen LogP contribution in [0.3, 0.4) is 0 Å². The standard InChI is InChI=1S/C6H7F3N2/c1-2-11-4-5(3-10)6(7,8)9/h2-4,10H,1H3/b5-4+,10-3?,11-2?. The Bertz CT molecular complexity index is 190. The second kappa shape index (κ2) is 3.90. The van der Waals surface area contributed by atoms with Crippen LogP contribution >= 0.6 is 0 Å². The number of halogens is 3. The van der Waals surface area contributed by atoms with Crippen molar-refractivity contribution < 1.29 is 13.2 Å². The highest BCUT2D eigenvalue weighted by Crippen LogP contribution is 2.23. The maximum atomic E-state index is 11.8. The monoisotopic (exact) mass is 164 g/mol. The van der Waals surface area contributed by atoms with Crippen LogP contribution in [0.2, 0.25) is 0 Å². The first-order valence-corrected chi connectivity index (χ1v) is 2.78. The minimum absolute atomic E-state index is 0.229. The van der Waals surface area contributed by atoms with E-state index in [4.69, 9.17) is 5.41 Å². The van der Waals surface area contributed by atoms with Gasteiger partial charge < -0.3 is 5.41 Å². The summed E-state index contributed by atoms with van der Waals surface area (Å²) in [7, 11) is 0. The Morgan fingerprint density at radius 1 is 1.45 bits per heavy atom. The molecule has 0 aliphatic heterocycles. The minimum Gasteiger partial charge on any atom is -0.308 e. The van der Waals surface area contributed by atoms with Crippen molar-refractivity contribution in [3.63, 3.8) is 0 Å². The summed E-state index contributed by atoms with van der Waals surface area (Å²) in [5.74, 6) is 0. The summed E-state index contributed by atoms with van der Waals surface area (Å²) in [6, 6.07) is 0. The Kier molecular flexibility index (Phi) is 3.50. The molecule has 2 nitrogen and oxygen atoms in total. The molecule has 0 aliphatic carbocycles. The van der Waals surface area contributed by atoms with E-state index in [0.29, 0.717) is 6.20 Å². The maximum Gasteiger partial charge on any atom is 0.419 e. The third-order valence-corrected chi connectivity index (χ3v) is 0.846. The minimum atomic E-state index is -4.48. The van der Waals surface area contributed by atoms with Crippen molar-refractivity contribution in [2.75, 3.05) is 0 Å². The number of nitrogens with one attached hydrogen (secondary N) is 1. The molecule has 0 saturated carbocycles. The Balaban J connectivity index is 4.53. The van der Waals surface area contributed by atoms with Crippen LogP contribution in [-0.4, -0.2) is 18.6 Å². The molecule has 11 heavy (non-hydrogen) atoms. The van der Waals surface area contributed by atoms with E-state index < -0.39 is 11.7 Å². The van der Waals surface area contributed by atoms with E-state index in [9.17, 15) is 13.2 Å². The number of alkyl halides is 3. The Hall–Kier alpha value is -1.13. The first kappa shape index (κ1) is 9.87. The van der Waals surface area contributed by atoms with Gasteiger partial charge in [0.25, 0.3) is 0 Å². The molecule has 0 saturated heterocycles. The molecule has 0 radical (unpaired) electrons. The van der Waals surface area contributed by atoms with Crippen molar-refractivity contribution in [2.45, 2.75) is 13.1 Å². The van der Waals surface area contributed by atoms with Crippen LogP contribution in [0.5, 0.6) is 0 Å². The van der Waals surface area contributed by atoms with Crippen molar-refractivity contribution in [3.8, 4) is 0 Å². The van der Waals surface area contributed by atoms with E-state index in [1.54, 1.807) is 0 Å². The largest absolute Gasteiger partial charge is 0.419 e. The van der Waals surface area contributed by atoms with E-state index in [-0.39, 0.29) is 6.21 Å². The molecular formula is C6H7F3N2. The van der Waals surface area contributed by atoms with Crippen LogP contribution in [0.4, 0.5) is 13.2 Å². The topological polar surface area (TPSA) is 36.2 Å². The van der Waals surface area contributed by atoms with Crippen molar-refractivity contribution >= 4 is 12.4 Å². The normalized spacial score (nSPS) is 14.0. The fraction of sp³-hybridized carbons (Fsp3) is 0.333. The molecule has 0 bridgehead atoms. The molecule has 0 aromatic carbocycles. The highest BCUT2D eigenvalue weighted by Gasteiger charge is 2.31. The summed E-state index contributed by atoms with van der Waals surface area (Å²) in [4.78, 5) is 3.25. The highest BCUT2D eigenvalue weighted by atomic mass is 19.4. The first-order chi connectivity index (χ1) is 5.02. The van der Waals surface area contributed by atoms with Gasteiger partial charge in [0, 0.05) is 18.6 Å². The zero-order chi connectivity index (χ0) is 8.91. The lowest BCUT2D eigenvalue weighted by Crippen LogP contribution is -2.12. The zero-order valence-corrected chi connectivity index (χ0v) is 5.81. The third kappa shape index (κ3) is 3.54. The maximum absolute atomic E-state index is 11.8. The lowest BCUT2D eigenvalue weighted by molar-refractivity contribution is -0.0857. The average molecular weight is 164 g/mol. The van der Waals surface area contributed by atoms with Crippen LogP contribution in [-0.2, 0) is 0 Å². The molecular weight excluding hydrogens is 157 g/mol. The van der Waals surface area contributed by atoms with Gasteiger partial charge in [-0.25, -0.2) is 0 Å². The Morgan fingerprint density at radius 2 is 2.00 bits per heavy atom. The summed E-state index contributed by atoms with van der Waals surface area (Å²) in [5.41, 5.74) is -1.06. The van der Waals surface area contributed by atoms with E-state index >= 15 is 0 Å². The van der Waals surface area contributed by atoms with Gasteiger partial charge in [-0.3, -0.25) is 4.99 Å². The van der Waals surface area contributed by atoms with Gasteiger partial charge in [0.1, 0.15) is 0 Å².